The summed E-state index contributed by atoms with van der Waals surface area (Å²) in [6.45, 7) is -0.482. The first-order valence-corrected chi connectivity index (χ1v) is 8.13. The van der Waals surface area contributed by atoms with Crippen molar-refractivity contribution >= 4 is 29.4 Å². The average molecular weight is 402 g/mol. The fourth-order valence-corrected chi connectivity index (χ4v) is 3.00. The molecule has 5 amide bonds. The number of nitrogens with zero attached hydrogens (tertiary/aromatic N) is 2. The molecule has 0 aromatic heterocycles. The summed E-state index contributed by atoms with van der Waals surface area (Å²) in [5.74, 6) is -4.17. The number of carbonyl (C=O) groups is 4. The van der Waals surface area contributed by atoms with Crippen molar-refractivity contribution in [2.24, 2.45) is 0 Å². The number of benzene rings is 1. The minimum Gasteiger partial charge on any atom is -0.333 e. The van der Waals surface area contributed by atoms with Gasteiger partial charge < -0.3 is 10.2 Å². The standard InChI is InChI=1S/C16H14F4N4O4/c17-9-3-5-10(6-4-9)24-13(27)15(16(18,19)20,22-14(24)28)21-11(25)8-23-7-1-2-12(23)26/h3-6H,1-2,7-8H2,(H,21,25)(H,22,28). The van der Waals surface area contributed by atoms with Crippen LogP contribution in [0.25, 0.3) is 0 Å². The Kier molecular flexibility index (Phi) is 4.73. The second kappa shape index (κ2) is 6.77. The molecule has 2 fully saturated rings. The monoisotopic (exact) mass is 402 g/mol. The maximum atomic E-state index is 13.7. The van der Waals surface area contributed by atoms with Gasteiger partial charge in [0.15, 0.2) is 0 Å². The maximum absolute atomic E-state index is 13.7. The summed E-state index contributed by atoms with van der Waals surface area (Å²) in [4.78, 5) is 49.5. The number of imide groups is 1. The molecule has 0 spiro atoms. The van der Waals surface area contributed by atoms with Crippen molar-refractivity contribution < 1.29 is 36.7 Å². The number of hydrogen-bond donors (Lipinski definition) is 2. The van der Waals surface area contributed by atoms with Crippen LogP contribution in [0.1, 0.15) is 12.8 Å². The Morgan fingerprint density at radius 3 is 2.36 bits per heavy atom. The van der Waals surface area contributed by atoms with Crippen molar-refractivity contribution in [3.05, 3.63) is 30.1 Å². The summed E-state index contributed by atoms with van der Waals surface area (Å²) in [6.07, 6.45) is -4.74. The fraction of sp³-hybridized carbons (Fsp3) is 0.375. The minimum absolute atomic E-state index is 0.161. The third-order valence-corrected chi connectivity index (χ3v) is 4.36. The number of nitrogens with one attached hydrogen (secondary N) is 2. The minimum atomic E-state index is -5.38. The zero-order valence-electron chi connectivity index (χ0n) is 14.2. The molecular formula is C16H14F4N4O4. The molecular weight excluding hydrogens is 388 g/mol. The molecule has 2 aliphatic rings. The first-order valence-electron chi connectivity index (χ1n) is 8.13. The number of rotatable bonds is 4. The van der Waals surface area contributed by atoms with Gasteiger partial charge in [0.2, 0.25) is 11.8 Å². The molecule has 2 heterocycles. The molecule has 8 nitrogen and oxygen atoms in total. The number of amides is 5. The highest BCUT2D eigenvalue weighted by Crippen LogP contribution is 2.35. The Hall–Kier alpha value is -3.18. The molecule has 0 aliphatic carbocycles. The number of hydrogen-bond acceptors (Lipinski definition) is 4. The van der Waals surface area contributed by atoms with E-state index in [9.17, 15) is 36.7 Å². The molecule has 1 aromatic rings. The Balaban J connectivity index is 1.88. The Labute approximate surface area is 155 Å². The number of urea groups is 1. The summed E-state index contributed by atoms with van der Waals surface area (Å²) in [5, 5.41) is 2.99. The second-order valence-corrected chi connectivity index (χ2v) is 6.26. The second-order valence-electron chi connectivity index (χ2n) is 6.26. The number of alkyl halides is 3. The molecule has 2 N–H and O–H groups in total. The first kappa shape index (κ1) is 19.6. The summed E-state index contributed by atoms with van der Waals surface area (Å²) in [5.41, 5.74) is -4.00. The third-order valence-electron chi connectivity index (χ3n) is 4.36. The van der Waals surface area contributed by atoms with Gasteiger partial charge in [0.05, 0.1) is 12.2 Å². The van der Waals surface area contributed by atoms with Crippen LogP contribution in [0.3, 0.4) is 0 Å². The Morgan fingerprint density at radius 1 is 1.18 bits per heavy atom. The molecule has 1 unspecified atom stereocenters. The van der Waals surface area contributed by atoms with Crippen LogP contribution in [0.15, 0.2) is 24.3 Å². The molecule has 12 heteroatoms. The predicted molar refractivity (Wildman–Crippen MR) is 85.2 cm³/mol. The van der Waals surface area contributed by atoms with Gasteiger partial charge in [-0.2, -0.15) is 13.2 Å². The number of anilines is 1. The quantitative estimate of drug-likeness (QED) is 0.577. The van der Waals surface area contributed by atoms with E-state index in [2.05, 4.69) is 0 Å². The predicted octanol–water partition coefficient (Wildman–Crippen LogP) is 0.879. The summed E-state index contributed by atoms with van der Waals surface area (Å²) >= 11 is 0. The molecule has 2 aliphatic heterocycles. The van der Waals surface area contributed by atoms with Crippen molar-refractivity contribution in [3.63, 3.8) is 0 Å². The topological polar surface area (TPSA) is 98.8 Å². The lowest BCUT2D eigenvalue weighted by atomic mass is 10.1. The van der Waals surface area contributed by atoms with Gasteiger partial charge >= 0.3 is 12.2 Å². The molecule has 0 radical (unpaired) electrons. The number of likely N-dealkylation sites (tertiary alicyclic amines) is 1. The van der Waals surface area contributed by atoms with Crippen LogP contribution in [-0.2, 0) is 14.4 Å². The van der Waals surface area contributed by atoms with E-state index in [1.165, 1.54) is 10.6 Å². The van der Waals surface area contributed by atoms with Crippen LogP contribution in [0.2, 0.25) is 0 Å². The Bertz CT molecular complexity index is 842. The van der Waals surface area contributed by atoms with E-state index in [-0.39, 0.29) is 23.6 Å². The lowest BCUT2D eigenvalue weighted by Crippen LogP contribution is -2.70. The lowest BCUT2D eigenvalue weighted by Gasteiger charge is -2.30. The molecule has 0 bridgehead atoms. The van der Waals surface area contributed by atoms with Crippen molar-refractivity contribution in [2.75, 3.05) is 18.0 Å². The highest BCUT2D eigenvalue weighted by atomic mass is 19.4. The van der Waals surface area contributed by atoms with Gasteiger partial charge in [-0.05, 0) is 30.7 Å². The zero-order chi connectivity index (χ0) is 20.7. The van der Waals surface area contributed by atoms with Gasteiger partial charge in [0.1, 0.15) is 5.82 Å². The van der Waals surface area contributed by atoms with Gasteiger partial charge in [-0.15, -0.1) is 0 Å². The number of halogens is 4. The van der Waals surface area contributed by atoms with Crippen molar-refractivity contribution in [2.45, 2.75) is 24.7 Å². The highest BCUT2D eigenvalue weighted by molar-refractivity contribution is 6.24. The van der Waals surface area contributed by atoms with Crippen LogP contribution in [0.5, 0.6) is 0 Å². The highest BCUT2D eigenvalue weighted by Gasteiger charge is 2.69. The fourth-order valence-electron chi connectivity index (χ4n) is 3.00. The van der Waals surface area contributed by atoms with Crippen LogP contribution in [-0.4, -0.2) is 53.6 Å². The molecule has 0 saturated carbocycles. The van der Waals surface area contributed by atoms with E-state index in [0.29, 0.717) is 6.42 Å². The van der Waals surface area contributed by atoms with Crippen molar-refractivity contribution in [1.29, 1.82) is 0 Å². The van der Waals surface area contributed by atoms with E-state index in [1.807, 2.05) is 0 Å². The lowest BCUT2D eigenvalue weighted by molar-refractivity contribution is -0.201. The first-order chi connectivity index (χ1) is 13.0. The smallest absolute Gasteiger partial charge is 0.333 e. The molecule has 3 rings (SSSR count). The van der Waals surface area contributed by atoms with Gasteiger partial charge in [-0.1, -0.05) is 0 Å². The zero-order valence-corrected chi connectivity index (χ0v) is 14.2. The van der Waals surface area contributed by atoms with Crippen LogP contribution >= 0.6 is 0 Å². The van der Waals surface area contributed by atoms with E-state index in [1.54, 1.807) is 0 Å². The van der Waals surface area contributed by atoms with E-state index < -0.39 is 48.0 Å². The van der Waals surface area contributed by atoms with Gasteiger partial charge in [0, 0.05) is 13.0 Å². The average Bonchev–Trinajstić information content (AvgIpc) is 3.10. The largest absolute Gasteiger partial charge is 0.440 e. The normalized spacial score (nSPS) is 22.6. The Morgan fingerprint density at radius 2 is 1.82 bits per heavy atom. The van der Waals surface area contributed by atoms with Gasteiger partial charge in [-0.3, -0.25) is 19.7 Å². The number of carbonyl (C=O) groups excluding carboxylic acids is 4. The van der Waals surface area contributed by atoms with Crippen molar-refractivity contribution in [1.82, 2.24) is 15.5 Å². The SMILES string of the molecule is O=C(CN1CCCC1=O)NC1(C(F)(F)F)NC(=O)N(c2ccc(F)cc2)C1=O. The van der Waals surface area contributed by atoms with Crippen LogP contribution in [0, 0.1) is 5.82 Å². The summed E-state index contributed by atoms with van der Waals surface area (Å²) < 4.78 is 54.2. The molecule has 150 valence electrons. The van der Waals surface area contributed by atoms with Crippen LogP contribution < -0.4 is 15.5 Å². The summed E-state index contributed by atoms with van der Waals surface area (Å²) in [6, 6.07) is 2.18. The van der Waals surface area contributed by atoms with Gasteiger partial charge in [-0.25, -0.2) is 14.1 Å². The summed E-state index contributed by atoms with van der Waals surface area (Å²) in [7, 11) is 0. The van der Waals surface area contributed by atoms with Crippen LogP contribution in [0.4, 0.5) is 28.0 Å². The maximum Gasteiger partial charge on any atom is 0.440 e. The molecule has 1 atom stereocenters. The molecule has 1 aromatic carbocycles. The van der Waals surface area contributed by atoms with E-state index >= 15 is 0 Å². The van der Waals surface area contributed by atoms with E-state index in [0.717, 1.165) is 29.2 Å². The van der Waals surface area contributed by atoms with E-state index in [4.69, 9.17) is 0 Å². The molecule has 28 heavy (non-hydrogen) atoms. The third kappa shape index (κ3) is 3.25. The van der Waals surface area contributed by atoms with Gasteiger partial charge in [0.25, 0.3) is 11.6 Å². The molecule has 2 saturated heterocycles. The van der Waals surface area contributed by atoms with Crippen molar-refractivity contribution in [3.8, 4) is 0 Å².